The highest BCUT2D eigenvalue weighted by atomic mass is 32.2. The van der Waals surface area contributed by atoms with Crippen molar-refractivity contribution < 1.29 is 27.4 Å². The van der Waals surface area contributed by atoms with Gasteiger partial charge in [-0.05, 0) is 42.3 Å². The van der Waals surface area contributed by atoms with Crippen LogP contribution < -0.4 is 14.8 Å². The first kappa shape index (κ1) is 21.6. The van der Waals surface area contributed by atoms with Crippen molar-refractivity contribution in [2.75, 3.05) is 39.5 Å². The molecule has 1 N–H and O–H groups in total. The molecule has 2 aromatic rings. The first-order chi connectivity index (χ1) is 14.9. The fourth-order valence-corrected chi connectivity index (χ4v) is 5.07. The predicted molar refractivity (Wildman–Crippen MR) is 115 cm³/mol. The predicted octanol–water partition coefficient (Wildman–Crippen LogP) is 2.11. The molecule has 2 aliphatic heterocycles. The van der Waals surface area contributed by atoms with Crippen LogP contribution >= 0.6 is 0 Å². The Hall–Kier alpha value is -2.62. The number of carbonyl (C=O) groups excluding carboxylic acids is 1. The van der Waals surface area contributed by atoms with Gasteiger partial charge >= 0.3 is 0 Å². The van der Waals surface area contributed by atoms with Crippen LogP contribution in [0.1, 0.15) is 34.5 Å². The third kappa shape index (κ3) is 5.17. The largest absolute Gasteiger partial charge is 0.486 e. The first-order valence-electron chi connectivity index (χ1n) is 10.3. The number of sulfonamides is 1. The van der Waals surface area contributed by atoms with Crippen molar-refractivity contribution in [1.29, 1.82) is 0 Å². The number of amides is 1. The minimum absolute atomic E-state index is 0.0947. The zero-order valence-corrected chi connectivity index (χ0v) is 18.2. The van der Waals surface area contributed by atoms with Crippen LogP contribution in [-0.2, 0) is 20.5 Å². The van der Waals surface area contributed by atoms with Gasteiger partial charge in [0.15, 0.2) is 11.5 Å². The van der Waals surface area contributed by atoms with Crippen molar-refractivity contribution in [2.45, 2.75) is 18.7 Å². The summed E-state index contributed by atoms with van der Waals surface area (Å²) in [7, 11) is -3.40. The minimum atomic E-state index is -3.40. The summed E-state index contributed by atoms with van der Waals surface area (Å²) >= 11 is 0. The number of nitrogens with zero attached hydrogens (tertiary/aromatic N) is 1. The lowest BCUT2D eigenvalue weighted by atomic mass is 10.1. The summed E-state index contributed by atoms with van der Waals surface area (Å²) in [5, 5.41) is 2.96. The van der Waals surface area contributed by atoms with Crippen LogP contribution in [0.3, 0.4) is 0 Å². The number of benzene rings is 2. The van der Waals surface area contributed by atoms with Crippen molar-refractivity contribution >= 4 is 15.9 Å². The maximum absolute atomic E-state index is 12.7. The molecule has 8 nitrogen and oxygen atoms in total. The molecule has 31 heavy (non-hydrogen) atoms. The van der Waals surface area contributed by atoms with Crippen molar-refractivity contribution in [1.82, 2.24) is 9.62 Å². The Labute approximate surface area is 182 Å². The van der Waals surface area contributed by atoms with E-state index in [1.807, 2.05) is 25.1 Å². The number of morpholine rings is 1. The van der Waals surface area contributed by atoms with Gasteiger partial charge in [0.2, 0.25) is 10.0 Å². The summed E-state index contributed by atoms with van der Waals surface area (Å²) < 4.78 is 42.9. The zero-order chi connectivity index (χ0) is 21.8. The lowest BCUT2D eigenvalue weighted by Crippen LogP contribution is -2.41. The SMILES string of the molecule is CC(NC(=O)c1ccc(CS(=O)(=O)N2CCOCC2)cc1)c1ccc2c(c1)OCCO2. The van der Waals surface area contributed by atoms with Gasteiger partial charge in [0.25, 0.3) is 5.91 Å². The van der Waals surface area contributed by atoms with Crippen molar-refractivity contribution in [2.24, 2.45) is 0 Å². The van der Waals surface area contributed by atoms with Gasteiger partial charge in [-0.2, -0.15) is 4.31 Å². The van der Waals surface area contributed by atoms with Gasteiger partial charge in [-0.25, -0.2) is 8.42 Å². The van der Waals surface area contributed by atoms with E-state index in [4.69, 9.17) is 14.2 Å². The highest BCUT2D eigenvalue weighted by Crippen LogP contribution is 2.32. The van der Waals surface area contributed by atoms with E-state index >= 15 is 0 Å². The highest BCUT2D eigenvalue weighted by Gasteiger charge is 2.24. The Balaban J connectivity index is 1.38. The Morgan fingerprint density at radius 2 is 1.68 bits per heavy atom. The number of fused-ring (bicyclic) bond motifs is 1. The van der Waals surface area contributed by atoms with Crippen LogP contribution in [-0.4, -0.2) is 58.1 Å². The Morgan fingerprint density at radius 1 is 1.00 bits per heavy atom. The van der Waals surface area contributed by atoms with Gasteiger partial charge in [0.05, 0.1) is 25.0 Å². The fraction of sp³-hybridized carbons (Fsp3) is 0.409. The second-order valence-corrected chi connectivity index (χ2v) is 9.53. The second kappa shape index (κ2) is 9.25. The lowest BCUT2D eigenvalue weighted by molar-refractivity contribution is 0.0729. The molecule has 166 valence electrons. The van der Waals surface area contributed by atoms with E-state index in [1.165, 1.54) is 4.31 Å². The standard InChI is InChI=1S/C22H26N2O6S/c1-16(19-6-7-20-21(14-19)30-13-12-29-20)23-22(25)18-4-2-17(3-5-18)15-31(26,27)24-8-10-28-11-9-24/h2-7,14,16H,8-13,15H2,1H3,(H,23,25). The van der Waals surface area contributed by atoms with Crippen LogP contribution in [0.4, 0.5) is 0 Å². The van der Waals surface area contributed by atoms with Gasteiger partial charge in [-0.1, -0.05) is 18.2 Å². The maximum atomic E-state index is 12.7. The molecule has 1 atom stereocenters. The number of rotatable bonds is 6. The normalized spacial score (nSPS) is 17.7. The summed E-state index contributed by atoms with van der Waals surface area (Å²) in [5.74, 6) is 1.06. The van der Waals surface area contributed by atoms with Gasteiger partial charge in [0.1, 0.15) is 13.2 Å². The van der Waals surface area contributed by atoms with Crippen LogP contribution in [0, 0.1) is 0 Å². The van der Waals surface area contributed by atoms with Crippen molar-refractivity contribution in [3.8, 4) is 11.5 Å². The van der Waals surface area contributed by atoms with Crippen LogP contribution in [0.5, 0.6) is 11.5 Å². The van der Waals surface area contributed by atoms with Gasteiger partial charge in [-0.3, -0.25) is 4.79 Å². The molecule has 1 amide bonds. The summed E-state index contributed by atoms with van der Waals surface area (Å²) in [5.41, 5.74) is 2.02. The zero-order valence-electron chi connectivity index (χ0n) is 17.4. The van der Waals surface area contributed by atoms with E-state index in [9.17, 15) is 13.2 Å². The molecule has 0 spiro atoms. The molecule has 0 aliphatic carbocycles. The second-order valence-electron chi connectivity index (χ2n) is 7.56. The van der Waals surface area contributed by atoms with Gasteiger partial charge in [-0.15, -0.1) is 0 Å². The van der Waals surface area contributed by atoms with Crippen molar-refractivity contribution in [3.05, 3.63) is 59.2 Å². The molecule has 1 fully saturated rings. The van der Waals surface area contributed by atoms with E-state index in [2.05, 4.69) is 5.32 Å². The molecule has 0 bridgehead atoms. The molecule has 0 saturated carbocycles. The summed E-state index contributed by atoms with van der Waals surface area (Å²) in [6.07, 6.45) is 0. The smallest absolute Gasteiger partial charge is 0.251 e. The molecule has 2 aromatic carbocycles. The minimum Gasteiger partial charge on any atom is -0.486 e. The maximum Gasteiger partial charge on any atom is 0.251 e. The van der Waals surface area contributed by atoms with E-state index < -0.39 is 10.0 Å². The third-order valence-corrected chi connectivity index (χ3v) is 7.19. The summed E-state index contributed by atoms with van der Waals surface area (Å²) in [6, 6.07) is 12.0. The van der Waals surface area contributed by atoms with Crippen molar-refractivity contribution in [3.63, 3.8) is 0 Å². The topological polar surface area (TPSA) is 94.2 Å². The number of carbonyl (C=O) groups is 1. The molecular weight excluding hydrogens is 420 g/mol. The number of nitrogens with one attached hydrogen (secondary N) is 1. The number of ether oxygens (including phenoxy) is 3. The van der Waals surface area contributed by atoms with E-state index in [1.54, 1.807) is 24.3 Å². The van der Waals surface area contributed by atoms with E-state index in [0.717, 1.165) is 5.56 Å². The lowest BCUT2D eigenvalue weighted by Gasteiger charge is -2.26. The van der Waals surface area contributed by atoms with Crippen LogP contribution in [0.15, 0.2) is 42.5 Å². The quantitative estimate of drug-likeness (QED) is 0.731. The molecule has 2 heterocycles. The molecule has 1 saturated heterocycles. The fourth-order valence-electron chi connectivity index (χ4n) is 3.57. The molecule has 0 radical (unpaired) electrons. The van der Waals surface area contributed by atoms with Gasteiger partial charge < -0.3 is 19.5 Å². The number of hydrogen-bond donors (Lipinski definition) is 1. The first-order valence-corrected chi connectivity index (χ1v) is 11.9. The van der Waals surface area contributed by atoms with Crippen LogP contribution in [0.25, 0.3) is 0 Å². The van der Waals surface area contributed by atoms with Gasteiger partial charge in [0, 0.05) is 18.7 Å². The van der Waals surface area contributed by atoms with E-state index in [0.29, 0.717) is 62.1 Å². The Bertz CT molecular complexity index is 1030. The summed E-state index contributed by atoms with van der Waals surface area (Å²) in [6.45, 7) is 4.51. The highest BCUT2D eigenvalue weighted by molar-refractivity contribution is 7.88. The van der Waals surface area contributed by atoms with E-state index in [-0.39, 0.29) is 17.7 Å². The third-order valence-electron chi connectivity index (χ3n) is 5.34. The summed E-state index contributed by atoms with van der Waals surface area (Å²) in [4.78, 5) is 12.7. The Morgan fingerprint density at radius 3 is 2.39 bits per heavy atom. The molecule has 4 rings (SSSR count). The molecule has 9 heteroatoms. The average Bonchev–Trinajstić information content (AvgIpc) is 2.79. The molecular formula is C22H26N2O6S. The number of hydrogen-bond acceptors (Lipinski definition) is 6. The average molecular weight is 447 g/mol. The van der Waals surface area contributed by atoms with Crippen LogP contribution in [0.2, 0.25) is 0 Å². The molecule has 1 unspecified atom stereocenters. The monoisotopic (exact) mass is 446 g/mol. The molecule has 2 aliphatic rings. The Kier molecular flexibility index (Phi) is 6.45. The molecule has 0 aromatic heterocycles.